The number of benzene rings is 2. The first-order valence-electron chi connectivity index (χ1n) is 13.5. The van der Waals surface area contributed by atoms with Crippen molar-refractivity contribution >= 4 is 34.4 Å². The van der Waals surface area contributed by atoms with E-state index in [9.17, 15) is 22.8 Å². The summed E-state index contributed by atoms with van der Waals surface area (Å²) in [5.74, 6) is -0.384. The van der Waals surface area contributed by atoms with E-state index in [-0.39, 0.29) is 35.3 Å². The molecule has 0 radical (unpaired) electrons. The molecule has 0 spiro atoms. The van der Waals surface area contributed by atoms with Gasteiger partial charge in [0.1, 0.15) is 17.7 Å². The minimum absolute atomic E-state index is 0.0687. The third-order valence-corrected chi connectivity index (χ3v) is 6.22. The molecular weight excluding hydrogens is 547 g/mol. The van der Waals surface area contributed by atoms with Gasteiger partial charge in [-0.1, -0.05) is 12.1 Å². The summed E-state index contributed by atoms with van der Waals surface area (Å²) in [4.78, 5) is 30.5. The molecule has 11 heteroatoms. The molecule has 1 atom stereocenters. The van der Waals surface area contributed by atoms with Gasteiger partial charge < -0.3 is 25.7 Å². The number of alkyl halides is 3. The van der Waals surface area contributed by atoms with Crippen LogP contribution in [0.4, 0.5) is 24.7 Å². The fraction of sp³-hybridized carbons (Fsp3) is 0.323. The first-order chi connectivity index (χ1) is 19.9. The molecule has 4 aromatic rings. The molecule has 0 saturated heterocycles. The van der Waals surface area contributed by atoms with E-state index in [1.54, 1.807) is 54.6 Å². The molecule has 4 rings (SSSR count). The molecule has 2 heterocycles. The quantitative estimate of drug-likeness (QED) is 0.170. The van der Waals surface area contributed by atoms with Crippen LogP contribution in [0.5, 0.6) is 0 Å². The van der Waals surface area contributed by atoms with Crippen molar-refractivity contribution in [3.63, 3.8) is 0 Å². The molecule has 8 nitrogen and oxygen atoms in total. The number of aromatic nitrogens is 1. The van der Waals surface area contributed by atoms with Gasteiger partial charge in [-0.3, -0.25) is 9.59 Å². The van der Waals surface area contributed by atoms with Crippen molar-refractivity contribution in [2.75, 3.05) is 30.8 Å². The lowest BCUT2D eigenvalue weighted by atomic mass is 9.99. The highest BCUT2D eigenvalue weighted by Crippen LogP contribution is 2.38. The monoisotopic (exact) mass is 581 g/mol. The Hall–Kier alpha value is -4.54. The van der Waals surface area contributed by atoms with E-state index in [2.05, 4.69) is 26.3 Å². The van der Waals surface area contributed by atoms with E-state index in [0.717, 1.165) is 0 Å². The molecule has 2 aromatic carbocycles. The number of carbonyl (C=O) groups excluding carboxylic acids is 2. The fourth-order valence-corrected chi connectivity index (χ4v) is 4.34. The molecule has 42 heavy (non-hydrogen) atoms. The summed E-state index contributed by atoms with van der Waals surface area (Å²) >= 11 is 0. The topological polar surface area (TPSA) is 108 Å². The van der Waals surface area contributed by atoms with Crippen LogP contribution in [0, 0.1) is 0 Å². The predicted molar refractivity (Wildman–Crippen MR) is 159 cm³/mol. The van der Waals surface area contributed by atoms with Crippen LogP contribution in [0.1, 0.15) is 48.4 Å². The molecule has 0 fully saturated rings. The number of nitrogens with zero attached hydrogens (tertiary/aromatic N) is 1. The number of hydrogen-bond acceptors (Lipinski definition) is 6. The summed E-state index contributed by atoms with van der Waals surface area (Å²) in [6.07, 6.45) is -3.68. The van der Waals surface area contributed by atoms with E-state index in [4.69, 9.17) is 4.42 Å². The van der Waals surface area contributed by atoms with Gasteiger partial charge in [0.15, 0.2) is 0 Å². The maximum Gasteiger partial charge on any atom is 0.255 e. The smallest absolute Gasteiger partial charge is 0.255 e. The number of fused-ring (bicyclic) bond motifs is 1. The Labute approximate surface area is 242 Å². The molecule has 2 amide bonds. The number of furan rings is 1. The Morgan fingerprint density at radius 1 is 0.929 bits per heavy atom. The Bertz CT molecular complexity index is 1580. The summed E-state index contributed by atoms with van der Waals surface area (Å²) in [5, 5.41) is 11.5. The van der Waals surface area contributed by atoms with Crippen molar-refractivity contribution in [2.24, 2.45) is 0 Å². The van der Waals surface area contributed by atoms with Gasteiger partial charge >= 0.3 is 0 Å². The highest BCUT2D eigenvalue weighted by atomic mass is 19.3. The minimum atomic E-state index is -2.65. The zero-order valence-corrected chi connectivity index (χ0v) is 24.1. The Morgan fingerprint density at radius 3 is 2.26 bits per heavy atom. The summed E-state index contributed by atoms with van der Waals surface area (Å²) in [7, 11) is 1.49. The molecule has 0 saturated carbocycles. The molecule has 4 N–H and O–H groups in total. The number of amides is 2. The maximum absolute atomic E-state index is 13.2. The van der Waals surface area contributed by atoms with Crippen LogP contribution >= 0.6 is 0 Å². The number of anilines is 2. The van der Waals surface area contributed by atoms with Crippen molar-refractivity contribution in [3.8, 4) is 22.5 Å². The van der Waals surface area contributed by atoms with Crippen LogP contribution in [0.15, 0.2) is 59.0 Å². The first-order valence-corrected chi connectivity index (χ1v) is 13.5. The summed E-state index contributed by atoms with van der Waals surface area (Å²) in [6, 6.07) is 15.3. The zero-order chi connectivity index (χ0) is 30.6. The third-order valence-electron chi connectivity index (χ3n) is 6.22. The van der Waals surface area contributed by atoms with Crippen molar-refractivity contribution in [1.29, 1.82) is 0 Å². The molecular formula is C31H34F3N5O3. The third kappa shape index (κ3) is 7.20. The van der Waals surface area contributed by atoms with Gasteiger partial charge in [-0.15, -0.1) is 0 Å². The van der Waals surface area contributed by atoms with Crippen molar-refractivity contribution in [3.05, 3.63) is 65.7 Å². The number of pyridine rings is 1. The van der Waals surface area contributed by atoms with Crippen LogP contribution in [0.3, 0.4) is 0 Å². The first kappa shape index (κ1) is 30.4. The second kappa shape index (κ2) is 12.5. The molecule has 2 aromatic heterocycles. The summed E-state index contributed by atoms with van der Waals surface area (Å²) < 4.78 is 45.8. The Morgan fingerprint density at radius 2 is 1.64 bits per heavy atom. The van der Waals surface area contributed by atoms with Crippen molar-refractivity contribution in [2.45, 2.75) is 45.8 Å². The van der Waals surface area contributed by atoms with E-state index in [1.165, 1.54) is 14.0 Å². The number of carbonyl (C=O) groups is 2. The van der Waals surface area contributed by atoms with E-state index in [1.807, 2.05) is 20.8 Å². The summed E-state index contributed by atoms with van der Waals surface area (Å²) in [5.41, 5.74) is 2.38. The van der Waals surface area contributed by atoms with Crippen molar-refractivity contribution in [1.82, 2.24) is 15.6 Å². The van der Waals surface area contributed by atoms with Crippen LogP contribution in [0.2, 0.25) is 0 Å². The summed E-state index contributed by atoms with van der Waals surface area (Å²) in [6.45, 7) is 6.53. The van der Waals surface area contributed by atoms with Crippen molar-refractivity contribution < 1.29 is 27.2 Å². The van der Waals surface area contributed by atoms with Gasteiger partial charge in [-0.2, -0.15) is 4.98 Å². The number of hydrogen-bond donors (Lipinski definition) is 4. The molecule has 0 aliphatic heterocycles. The lowest BCUT2D eigenvalue weighted by molar-refractivity contribution is 0.0918. The van der Waals surface area contributed by atoms with E-state index in [0.29, 0.717) is 33.3 Å². The minimum Gasteiger partial charge on any atom is -0.437 e. The van der Waals surface area contributed by atoms with Gasteiger partial charge in [0.2, 0.25) is 5.71 Å². The molecule has 0 aliphatic carbocycles. The predicted octanol–water partition coefficient (Wildman–Crippen LogP) is 6.50. The lowest BCUT2D eigenvalue weighted by Crippen LogP contribution is -2.40. The Balaban J connectivity index is 1.86. The second-order valence-electron chi connectivity index (χ2n) is 10.9. The highest BCUT2D eigenvalue weighted by molar-refractivity contribution is 6.11. The van der Waals surface area contributed by atoms with Gasteiger partial charge in [-0.05, 0) is 75.7 Å². The fourth-order valence-electron chi connectivity index (χ4n) is 4.34. The second-order valence-corrected chi connectivity index (χ2v) is 10.9. The van der Waals surface area contributed by atoms with Gasteiger partial charge in [-0.25, -0.2) is 13.2 Å². The standard InChI is InChI=1S/C31H34F3N5O3/c1-17(32)15-36-21-11-9-18(10-12-21)26-25(29(41)35-5)23-14-22(27(37-16-24(33)34)38-30(23)42-26)19-7-6-8-20(13-19)28(40)39-31(2,3)4/h6-14,17,24,36H,15-16H2,1-5H3,(H,35,41)(H,37,38)(H,39,40). The largest absolute Gasteiger partial charge is 0.437 e. The van der Waals surface area contributed by atoms with Gasteiger partial charge in [0, 0.05) is 41.5 Å². The number of rotatable bonds is 10. The lowest BCUT2D eigenvalue weighted by Gasteiger charge is -2.20. The van der Waals surface area contributed by atoms with Crippen LogP contribution in [0.25, 0.3) is 33.6 Å². The van der Waals surface area contributed by atoms with Crippen LogP contribution in [-0.4, -0.2) is 55.1 Å². The van der Waals surface area contributed by atoms with E-state index >= 15 is 0 Å². The number of halogens is 3. The Kier molecular flexibility index (Phi) is 9.08. The zero-order valence-electron chi connectivity index (χ0n) is 24.1. The van der Waals surface area contributed by atoms with E-state index < -0.39 is 30.6 Å². The average molecular weight is 582 g/mol. The number of nitrogens with one attached hydrogen (secondary N) is 4. The molecule has 222 valence electrons. The van der Waals surface area contributed by atoms with Gasteiger partial charge in [0.25, 0.3) is 18.2 Å². The molecule has 1 unspecified atom stereocenters. The highest BCUT2D eigenvalue weighted by Gasteiger charge is 2.25. The van der Waals surface area contributed by atoms with Crippen LogP contribution < -0.4 is 21.3 Å². The van der Waals surface area contributed by atoms with Gasteiger partial charge in [0.05, 0.1) is 17.5 Å². The molecule has 0 bridgehead atoms. The maximum atomic E-state index is 13.2. The average Bonchev–Trinajstić information content (AvgIpc) is 3.31. The molecule has 0 aliphatic rings. The SMILES string of the molecule is CNC(=O)c1c(-c2ccc(NCC(C)F)cc2)oc2nc(NCC(F)F)c(-c3cccc(C(=O)NC(C)(C)C)c3)cc12. The normalized spacial score (nSPS) is 12.3. The van der Waals surface area contributed by atoms with Crippen LogP contribution in [-0.2, 0) is 0 Å².